The Morgan fingerprint density at radius 1 is 0.522 bits per heavy atom. The summed E-state index contributed by atoms with van der Waals surface area (Å²) in [6.45, 7) is 15.2. The Morgan fingerprint density at radius 3 is 0.957 bits per heavy atom. The van der Waals surface area contributed by atoms with E-state index in [4.69, 9.17) is 0 Å². The highest BCUT2D eigenvalue weighted by Gasteiger charge is 2.46. The quantitative estimate of drug-likeness (QED) is 0.692. The first kappa shape index (κ1) is 19.5. The first-order chi connectivity index (χ1) is 10.6. The van der Waals surface area contributed by atoms with Gasteiger partial charge in [-0.3, -0.25) is 0 Å². The summed E-state index contributed by atoms with van der Waals surface area (Å²) in [5.41, 5.74) is 0. The molecule has 3 heterocycles. The van der Waals surface area contributed by atoms with Crippen LogP contribution in [-0.4, -0.2) is 52.2 Å². The van der Waals surface area contributed by atoms with Crippen LogP contribution in [0.2, 0.25) is 0 Å². The van der Waals surface area contributed by atoms with E-state index in [1.54, 1.807) is 0 Å². The Balaban J connectivity index is 0.00000192. The van der Waals surface area contributed by atoms with Crippen LogP contribution in [0, 0.1) is 17.8 Å². The molecule has 5 heteroatoms. The van der Waals surface area contributed by atoms with Crippen LogP contribution in [0.4, 0.5) is 0 Å². The van der Waals surface area contributed by atoms with E-state index < -0.39 is 0 Å². The third-order valence-electron chi connectivity index (χ3n) is 5.92. The van der Waals surface area contributed by atoms with Gasteiger partial charge in [0.2, 0.25) is 0 Å². The summed E-state index contributed by atoms with van der Waals surface area (Å²) in [5.74, 6) is 2.80. The molecule has 0 amide bonds. The second-order valence-corrected chi connectivity index (χ2v) is 10.1. The SMILES string of the molecule is CC1CCN([S+](N2CCC(C)CC2)N2CCC(C)CC2)CC1.[F-]. The van der Waals surface area contributed by atoms with E-state index in [0.29, 0.717) is 0 Å². The number of hydrogen-bond acceptors (Lipinski definition) is 3. The first-order valence-electron chi connectivity index (χ1n) is 9.63. The van der Waals surface area contributed by atoms with Gasteiger partial charge in [-0.25, -0.2) is 0 Å². The molecular formula is C18H36FN3S. The number of nitrogens with zero attached hydrogens (tertiary/aromatic N) is 3. The van der Waals surface area contributed by atoms with Crippen molar-refractivity contribution in [2.24, 2.45) is 17.8 Å². The molecule has 0 aromatic carbocycles. The molecule has 0 aromatic heterocycles. The van der Waals surface area contributed by atoms with E-state index >= 15 is 0 Å². The fraction of sp³-hybridized carbons (Fsp3) is 1.00. The van der Waals surface area contributed by atoms with Crippen molar-refractivity contribution in [3.8, 4) is 0 Å². The van der Waals surface area contributed by atoms with E-state index in [2.05, 4.69) is 33.7 Å². The molecule has 3 aliphatic heterocycles. The molecule has 3 nitrogen and oxygen atoms in total. The topological polar surface area (TPSA) is 9.72 Å². The van der Waals surface area contributed by atoms with Crippen molar-refractivity contribution < 1.29 is 4.70 Å². The van der Waals surface area contributed by atoms with Crippen molar-refractivity contribution in [3.63, 3.8) is 0 Å². The highest BCUT2D eigenvalue weighted by atomic mass is 32.2. The van der Waals surface area contributed by atoms with Gasteiger partial charge in [0.05, 0.1) is 0 Å². The largest absolute Gasteiger partial charge is 1.00 e. The minimum atomic E-state index is 0. The van der Waals surface area contributed by atoms with Gasteiger partial charge < -0.3 is 4.70 Å². The Kier molecular flexibility index (Phi) is 7.64. The van der Waals surface area contributed by atoms with E-state index in [-0.39, 0.29) is 16.2 Å². The van der Waals surface area contributed by atoms with Gasteiger partial charge in [0.25, 0.3) is 11.5 Å². The van der Waals surface area contributed by atoms with Crippen LogP contribution in [0.15, 0.2) is 0 Å². The van der Waals surface area contributed by atoms with E-state index in [1.165, 1.54) is 77.8 Å². The second-order valence-electron chi connectivity index (χ2n) is 8.08. The minimum Gasteiger partial charge on any atom is -1.00 e. The average Bonchev–Trinajstić information content (AvgIpc) is 2.53. The molecule has 0 radical (unpaired) electrons. The molecule has 0 aromatic rings. The van der Waals surface area contributed by atoms with Crippen molar-refractivity contribution in [1.82, 2.24) is 12.9 Å². The summed E-state index contributed by atoms with van der Waals surface area (Å²) in [6.07, 6.45) is 8.40. The van der Waals surface area contributed by atoms with Crippen LogP contribution in [0.5, 0.6) is 0 Å². The lowest BCUT2D eigenvalue weighted by molar-refractivity contribution is -0.00000540. The molecule has 0 N–H and O–H groups in total. The Morgan fingerprint density at radius 2 is 0.739 bits per heavy atom. The van der Waals surface area contributed by atoms with Gasteiger partial charge in [-0.15, -0.1) is 0 Å². The van der Waals surface area contributed by atoms with Crippen LogP contribution in [-0.2, 0) is 11.5 Å². The van der Waals surface area contributed by atoms with Gasteiger partial charge in [-0.05, 0) is 56.3 Å². The van der Waals surface area contributed by atoms with Crippen LogP contribution in [0.25, 0.3) is 0 Å². The predicted molar refractivity (Wildman–Crippen MR) is 97.3 cm³/mol. The maximum atomic E-state index is 2.84. The maximum Gasteiger partial charge on any atom is 0.268 e. The smallest absolute Gasteiger partial charge is 0.268 e. The summed E-state index contributed by atoms with van der Waals surface area (Å²) in [7, 11) is 0. The van der Waals surface area contributed by atoms with Crippen LogP contribution >= 0.6 is 0 Å². The van der Waals surface area contributed by atoms with Crippen LogP contribution in [0.1, 0.15) is 59.3 Å². The summed E-state index contributed by atoms with van der Waals surface area (Å²) < 4.78 is 8.52. The Bertz CT molecular complexity index is 281. The zero-order chi connectivity index (χ0) is 15.5. The second kappa shape index (κ2) is 9.02. The molecule has 3 aliphatic rings. The zero-order valence-electron chi connectivity index (χ0n) is 15.3. The molecule has 0 saturated carbocycles. The van der Waals surface area contributed by atoms with Gasteiger partial charge in [-0.1, -0.05) is 33.7 Å². The van der Waals surface area contributed by atoms with Gasteiger partial charge in [-0.2, -0.15) is 0 Å². The van der Waals surface area contributed by atoms with Crippen molar-refractivity contribution in [3.05, 3.63) is 0 Å². The highest BCUT2D eigenvalue weighted by molar-refractivity contribution is 7.90. The summed E-state index contributed by atoms with van der Waals surface area (Å²) in [6, 6.07) is 0. The summed E-state index contributed by atoms with van der Waals surface area (Å²) in [4.78, 5) is 0. The van der Waals surface area contributed by atoms with Crippen molar-refractivity contribution in [1.29, 1.82) is 0 Å². The molecule has 0 unspecified atom stereocenters. The first-order valence-corrected chi connectivity index (χ1v) is 10.7. The number of hydrogen-bond donors (Lipinski definition) is 0. The van der Waals surface area contributed by atoms with Gasteiger partial charge >= 0.3 is 0 Å². The highest BCUT2D eigenvalue weighted by Crippen LogP contribution is 2.31. The fourth-order valence-corrected chi connectivity index (χ4v) is 6.53. The normalized spacial score (nSPS) is 28.2. The molecule has 3 fully saturated rings. The van der Waals surface area contributed by atoms with Gasteiger partial charge in [0, 0.05) is 39.3 Å². The minimum absolute atomic E-state index is 0. The molecule has 136 valence electrons. The van der Waals surface area contributed by atoms with Crippen molar-refractivity contribution in [2.75, 3.05) is 39.3 Å². The van der Waals surface area contributed by atoms with Gasteiger partial charge in [0.15, 0.2) is 0 Å². The molecule has 0 atom stereocenters. The third-order valence-corrected chi connectivity index (χ3v) is 8.40. The number of piperidine rings is 3. The standard InChI is InChI=1S/C18H36N3S.FH/c1-16-4-10-19(11-5-16)22(20-12-6-17(2)7-13-20)21-14-8-18(3)9-15-21;/h16-18H,4-15H2,1-3H3;1H/q+1;/p-1. The lowest BCUT2D eigenvalue weighted by Gasteiger charge is -2.40. The molecule has 0 spiro atoms. The fourth-order valence-electron chi connectivity index (χ4n) is 3.93. The third kappa shape index (κ3) is 5.07. The average molecular weight is 346 g/mol. The maximum absolute atomic E-state index is 2.84. The van der Waals surface area contributed by atoms with Crippen molar-refractivity contribution in [2.45, 2.75) is 59.3 Å². The van der Waals surface area contributed by atoms with Gasteiger partial charge in [0.1, 0.15) is 0 Å². The molecule has 23 heavy (non-hydrogen) atoms. The summed E-state index contributed by atoms with van der Waals surface area (Å²) in [5, 5.41) is 0. The predicted octanol–water partition coefficient (Wildman–Crippen LogP) is 0.549. The Hall–Kier alpha value is 0.160. The number of halogens is 1. The monoisotopic (exact) mass is 345 g/mol. The van der Waals surface area contributed by atoms with E-state index in [9.17, 15) is 0 Å². The van der Waals surface area contributed by atoms with E-state index in [1.807, 2.05) is 0 Å². The lowest BCUT2D eigenvalue weighted by Crippen LogP contribution is -3.00. The lowest BCUT2D eigenvalue weighted by atomic mass is 10.0. The molecule has 0 aliphatic carbocycles. The number of rotatable bonds is 3. The molecular weight excluding hydrogens is 309 g/mol. The molecule has 3 saturated heterocycles. The molecule has 0 bridgehead atoms. The van der Waals surface area contributed by atoms with E-state index in [0.717, 1.165) is 17.8 Å². The zero-order valence-corrected chi connectivity index (χ0v) is 16.2. The van der Waals surface area contributed by atoms with Crippen LogP contribution in [0.3, 0.4) is 0 Å². The van der Waals surface area contributed by atoms with Crippen molar-refractivity contribution >= 4 is 11.5 Å². The molecule has 3 rings (SSSR count). The van der Waals surface area contributed by atoms with Crippen LogP contribution < -0.4 is 4.70 Å². The Labute approximate surface area is 145 Å². The summed E-state index contributed by atoms with van der Waals surface area (Å²) >= 11 is 0.271.